The summed E-state index contributed by atoms with van der Waals surface area (Å²) >= 11 is 5.40. The molecule has 4 nitrogen and oxygen atoms in total. The molecule has 1 fully saturated rings. The largest absolute Gasteiger partial charge is 0.377 e. The molecule has 2 rings (SSSR count). The number of nitrogens with zero attached hydrogens (tertiary/aromatic N) is 1. The molecule has 0 aliphatic carbocycles. The van der Waals surface area contributed by atoms with Crippen LogP contribution >= 0.6 is 12.2 Å². The van der Waals surface area contributed by atoms with Crippen molar-refractivity contribution in [3.8, 4) is 0 Å². The zero-order valence-electron chi connectivity index (χ0n) is 10.6. The third-order valence-corrected chi connectivity index (χ3v) is 3.49. The molecule has 1 heterocycles. The van der Waals surface area contributed by atoms with E-state index in [9.17, 15) is 0 Å². The van der Waals surface area contributed by atoms with Gasteiger partial charge in [-0.25, -0.2) is 0 Å². The number of methoxy groups -OCH3 is 2. The lowest BCUT2D eigenvalue weighted by Crippen LogP contribution is -2.33. The third-order valence-electron chi connectivity index (χ3n) is 3.13. The molecule has 0 radical (unpaired) electrons. The van der Waals surface area contributed by atoms with Gasteiger partial charge in [-0.05, 0) is 24.4 Å². The average molecular weight is 266 g/mol. The molecular weight excluding hydrogens is 248 g/mol. The maximum Gasteiger partial charge on any atom is 0.173 e. The molecule has 2 atom stereocenters. The molecule has 0 spiro atoms. The summed E-state index contributed by atoms with van der Waals surface area (Å²) in [5.41, 5.74) is 0.998. The Morgan fingerprint density at radius 1 is 1.17 bits per heavy atom. The molecule has 1 aliphatic heterocycles. The van der Waals surface area contributed by atoms with Crippen LogP contribution in [0.1, 0.15) is 0 Å². The van der Waals surface area contributed by atoms with Gasteiger partial charge in [-0.2, -0.15) is 0 Å². The van der Waals surface area contributed by atoms with Crippen LogP contribution in [0.5, 0.6) is 0 Å². The summed E-state index contributed by atoms with van der Waals surface area (Å²) < 4.78 is 10.8. The van der Waals surface area contributed by atoms with Crippen molar-refractivity contribution < 1.29 is 9.47 Å². The van der Waals surface area contributed by atoms with Gasteiger partial charge in [-0.3, -0.25) is 0 Å². The third kappa shape index (κ3) is 2.98. The number of thiocarbonyl (C=S) groups is 1. The minimum absolute atomic E-state index is 0.0746. The number of benzene rings is 1. The molecule has 1 aromatic rings. The summed E-state index contributed by atoms with van der Waals surface area (Å²) in [6.07, 6.45) is 0.149. The van der Waals surface area contributed by atoms with Crippen molar-refractivity contribution in [2.24, 2.45) is 0 Å². The fourth-order valence-electron chi connectivity index (χ4n) is 2.09. The van der Waals surface area contributed by atoms with Gasteiger partial charge in [-0.1, -0.05) is 18.2 Å². The standard InChI is InChI=1S/C13H18N2O2S/c1-16-11-8-15(9-12(11)17-2)13(18)14-10-6-4-3-5-7-10/h3-7,11-12H,8-9H2,1-2H3,(H,14,18). The fourth-order valence-corrected chi connectivity index (χ4v) is 2.35. The second-order valence-electron chi connectivity index (χ2n) is 4.25. The lowest BCUT2D eigenvalue weighted by molar-refractivity contribution is -0.00461. The number of nitrogens with one attached hydrogen (secondary N) is 1. The van der Waals surface area contributed by atoms with E-state index < -0.39 is 0 Å². The van der Waals surface area contributed by atoms with Crippen molar-refractivity contribution >= 4 is 23.0 Å². The van der Waals surface area contributed by atoms with E-state index in [-0.39, 0.29) is 12.2 Å². The Balaban J connectivity index is 1.95. The molecule has 1 aliphatic rings. The fraction of sp³-hybridized carbons (Fsp3) is 0.462. The van der Waals surface area contributed by atoms with E-state index in [2.05, 4.69) is 10.2 Å². The molecule has 0 aromatic heterocycles. The molecule has 2 unspecified atom stereocenters. The monoisotopic (exact) mass is 266 g/mol. The van der Waals surface area contributed by atoms with Gasteiger partial charge in [-0.15, -0.1) is 0 Å². The number of rotatable bonds is 3. The topological polar surface area (TPSA) is 33.7 Å². The van der Waals surface area contributed by atoms with E-state index in [1.807, 2.05) is 30.3 Å². The summed E-state index contributed by atoms with van der Waals surface area (Å²) in [6, 6.07) is 9.91. The highest BCUT2D eigenvalue weighted by molar-refractivity contribution is 7.80. The average Bonchev–Trinajstić information content (AvgIpc) is 2.83. The number of ether oxygens (including phenoxy) is 2. The predicted molar refractivity (Wildman–Crippen MR) is 75.8 cm³/mol. The van der Waals surface area contributed by atoms with Gasteiger partial charge < -0.3 is 19.7 Å². The van der Waals surface area contributed by atoms with Crippen LogP contribution < -0.4 is 5.32 Å². The van der Waals surface area contributed by atoms with Gasteiger partial charge in [0.1, 0.15) is 12.2 Å². The quantitative estimate of drug-likeness (QED) is 0.843. The highest BCUT2D eigenvalue weighted by atomic mass is 32.1. The van der Waals surface area contributed by atoms with E-state index in [4.69, 9.17) is 21.7 Å². The zero-order chi connectivity index (χ0) is 13.0. The molecule has 18 heavy (non-hydrogen) atoms. The summed E-state index contributed by atoms with van der Waals surface area (Å²) in [5, 5.41) is 3.93. The number of para-hydroxylation sites is 1. The number of hydrogen-bond donors (Lipinski definition) is 1. The predicted octanol–water partition coefficient (Wildman–Crippen LogP) is 1.73. The Kier molecular flexibility index (Phi) is 4.52. The van der Waals surface area contributed by atoms with E-state index in [1.54, 1.807) is 14.2 Å². The number of anilines is 1. The van der Waals surface area contributed by atoms with Crippen molar-refractivity contribution in [2.45, 2.75) is 12.2 Å². The molecule has 0 bridgehead atoms. The van der Waals surface area contributed by atoms with Gasteiger partial charge in [0.2, 0.25) is 0 Å². The molecule has 0 saturated carbocycles. The maximum absolute atomic E-state index is 5.40. The lowest BCUT2D eigenvalue weighted by Gasteiger charge is -2.20. The first-order valence-corrected chi connectivity index (χ1v) is 6.32. The summed E-state index contributed by atoms with van der Waals surface area (Å²) in [7, 11) is 3.40. The Morgan fingerprint density at radius 2 is 1.72 bits per heavy atom. The van der Waals surface area contributed by atoms with E-state index in [0.717, 1.165) is 18.8 Å². The van der Waals surface area contributed by atoms with Crippen LogP contribution in [0.25, 0.3) is 0 Å². The van der Waals surface area contributed by atoms with Crippen LogP contribution in [0.2, 0.25) is 0 Å². The molecule has 0 amide bonds. The minimum Gasteiger partial charge on any atom is -0.377 e. The lowest BCUT2D eigenvalue weighted by atomic mass is 10.3. The normalized spacial score (nSPS) is 23.1. The van der Waals surface area contributed by atoms with Crippen LogP contribution in [-0.2, 0) is 9.47 Å². The SMILES string of the molecule is COC1CN(C(=S)Nc2ccccc2)CC1OC. The van der Waals surface area contributed by atoms with Gasteiger partial charge >= 0.3 is 0 Å². The van der Waals surface area contributed by atoms with Crippen LogP contribution in [0, 0.1) is 0 Å². The van der Waals surface area contributed by atoms with Gasteiger partial charge in [0.25, 0.3) is 0 Å². The van der Waals surface area contributed by atoms with Crippen LogP contribution in [0.3, 0.4) is 0 Å². The van der Waals surface area contributed by atoms with Gasteiger partial charge in [0, 0.05) is 33.0 Å². The Bertz CT molecular complexity index is 387. The van der Waals surface area contributed by atoms with Crippen molar-refractivity contribution in [3.05, 3.63) is 30.3 Å². The first-order valence-electron chi connectivity index (χ1n) is 5.91. The summed E-state index contributed by atoms with van der Waals surface area (Å²) in [6.45, 7) is 1.52. The first-order chi connectivity index (χ1) is 8.74. The first kappa shape index (κ1) is 13.3. The molecule has 1 N–H and O–H groups in total. The molecule has 5 heteroatoms. The molecule has 1 saturated heterocycles. The molecular formula is C13H18N2O2S. The maximum atomic E-state index is 5.40. The Hall–Kier alpha value is -1.17. The van der Waals surface area contributed by atoms with Gasteiger partial charge in [0.05, 0.1) is 0 Å². The highest BCUT2D eigenvalue weighted by Gasteiger charge is 2.34. The zero-order valence-corrected chi connectivity index (χ0v) is 11.4. The van der Waals surface area contributed by atoms with Gasteiger partial charge in [0.15, 0.2) is 5.11 Å². The molecule has 1 aromatic carbocycles. The number of likely N-dealkylation sites (tertiary alicyclic amines) is 1. The minimum atomic E-state index is 0.0746. The van der Waals surface area contributed by atoms with Crippen LogP contribution in [0.15, 0.2) is 30.3 Å². The smallest absolute Gasteiger partial charge is 0.173 e. The molecule has 98 valence electrons. The van der Waals surface area contributed by atoms with E-state index >= 15 is 0 Å². The van der Waals surface area contributed by atoms with Crippen molar-refractivity contribution in [2.75, 3.05) is 32.6 Å². The van der Waals surface area contributed by atoms with E-state index in [0.29, 0.717) is 5.11 Å². The Labute approximate surface area is 113 Å². The Morgan fingerprint density at radius 3 is 2.22 bits per heavy atom. The van der Waals surface area contributed by atoms with E-state index in [1.165, 1.54) is 0 Å². The van der Waals surface area contributed by atoms with Crippen molar-refractivity contribution in [1.29, 1.82) is 0 Å². The second-order valence-corrected chi connectivity index (χ2v) is 4.64. The second kappa shape index (κ2) is 6.13. The summed E-state index contributed by atoms with van der Waals surface area (Å²) in [5.74, 6) is 0. The van der Waals surface area contributed by atoms with Crippen molar-refractivity contribution in [3.63, 3.8) is 0 Å². The van der Waals surface area contributed by atoms with Crippen LogP contribution in [-0.4, -0.2) is 49.5 Å². The summed E-state index contributed by atoms with van der Waals surface area (Å²) in [4.78, 5) is 2.07. The van der Waals surface area contributed by atoms with Crippen molar-refractivity contribution in [1.82, 2.24) is 4.90 Å². The van der Waals surface area contributed by atoms with Crippen LogP contribution in [0.4, 0.5) is 5.69 Å². The number of hydrogen-bond acceptors (Lipinski definition) is 3. The highest BCUT2D eigenvalue weighted by Crippen LogP contribution is 2.17.